The second-order valence-electron chi connectivity index (χ2n) is 45.1. The minimum absolute atomic E-state index is 0.180. The van der Waals surface area contributed by atoms with Gasteiger partial charge >= 0.3 is 0 Å². The van der Waals surface area contributed by atoms with Crippen molar-refractivity contribution in [1.29, 1.82) is 0 Å². The third-order valence-corrected chi connectivity index (χ3v) is 35.8. The Balaban J connectivity index is 0.000000182. The van der Waals surface area contributed by atoms with E-state index in [1.54, 1.807) is 22.3 Å². The summed E-state index contributed by atoms with van der Waals surface area (Å²) in [6.07, 6.45) is 56.5. The first-order valence-corrected chi connectivity index (χ1v) is 50.1. The Morgan fingerprint density at radius 2 is 0.608 bits per heavy atom. The fourth-order valence-electron chi connectivity index (χ4n) is 27.5. The van der Waals surface area contributed by atoms with Crippen LogP contribution >= 0.6 is 0 Å². The fourth-order valence-corrected chi connectivity index (χ4v) is 27.5. The van der Waals surface area contributed by atoms with Crippen molar-refractivity contribution in [2.45, 2.75) is 424 Å². The SMILES string of the molecule is C=C1/C(=C\C=C2/CCC[C@]3(C)C([C@H](C)CCC(C)C(C)C)CC[C@@H]23)C[C@H](O)C[C@@H]1O.C=C1/C(=C\C=C2/CCC[C@]3(C)C([C@H](C)CCC(CC)C(C)C)CC[C@@H]23)C[C@H](O)C[C@@H]1O.C=C1/C(=C\C=C2/CCC[C@]3(C)C([C@H](C)CCC(O)C(C)C)CC[C@@H]23)C[C@H](O)C[C@@H]1O.C=C1/C(=C\C=C2/CCC[C@]3(C)C([C@H](C)CCCC(C)C)CC[C@@H]23)C[C@H](O)C[C@@H]1O. The fraction of sp³-hybridized carbons (Fsp3) is 0.784. The standard InChI is InChI=1S/C29H48O2.C28H46O2.C27H44O3.C27H44O2/c1-7-22(19(2)3)11-10-20(4)26-14-15-27-23(9-8-16-29(26,27)6)12-13-24-17-25(30)18-28(31)21(24)5;1-18(2)19(3)9-10-20(4)25-13-14-26-22(8-7-15-28(25,26)6)11-12-23-16-24(29)17-27(30)21(23)5;1-17(2)25(29)13-8-18(3)23-11-12-24-20(7-6-14-27(23,24)5)9-10-21-15-22(28)16-26(30)19(21)4;1-18(2)8-6-9-19(3)24-13-14-25-21(10-7-15-27(24,25)5)11-12-22-16-23(28)17-26(29)20(22)4/h12-13,19-20,22,25-28,30-31H,5,7-11,14-18H2,1-4,6H3;11-12,18-20,24-27,29-30H,5,7-10,13-17H2,1-4,6H3;9-10,17-18,22-26,28-30H,4,6-8,11-16H2,1-3,5H3;11-12,18-19,23-26,28-29H,4,6-10,13-17H2,1-3,5H3/b23-12+,24-13-;22-11+,23-12-;20-9+,21-10-;21-11+,22-12-/t20-,22?,25+,26?,27+,28+,29-;19?,20-,24+,25?,26+,27+,28-;18-,22+,23?,24+,25?,26+,27-;19-,23+,24?,25+,26+,27-/m1111/s1. The van der Waals surface area contributed by atoms with Crippen molar-refractivity contribution in [1.82, 2.24) is 0 Å². The molecule has 12 fully saturated rings. The molecular formula is C111H182O9. The maximum absolute atomic E-state index is 10.3. The summed E-state index contributed by atoms with van der Waals surface area (Å²) < 4.78 is 0. The van der Waals surface area contributed by atoms with Gasteiger partial charge in [-0.25, -0.2) is 0 Å². The summed E-state index contributed by atoms with van der Waals surface area (Å²) in [6, 6.07) is 0. The van der Waals surface area contributed by atoms with E-state index in [9.17, 15) is 46.0 Å². The molecular weight excluding hydrogens is 1480 g/mol. The molecule has 9 N–H and O–H groups in total. The van der Waals surface area contributed by atoms with Gasteiger partial charge in [0.2, 0.25) is 0 Å². The first-order valence-electron chi connectivity index (χ1n) is 50.1. The smallest absolute Gasteiger partial charge is 0.0811 e. The minimum atomic E-state index is -0.618. The zero-order valence-corrected chi connectivity index (χ0v) is 79.9. The maximum atomic E-state index is 10.3. The first-order chi connectivity index (χ1) is 56.6. The molecule has 12 aliphatic rings. The number of allylic oxidation sites excluding steroid dienone is 12. The molecule has 120 heavy (non-hydrogen) atoms. The lowest BCUT2D eigenvalue weighted by Crippen LogP contribution is -2.36. The van der Waals surface area contributed by atoms with E-state index in [4.69, 9.17) is 0 Å². The number of hydrogen-bond donors (Lipinski definition) is 9. The molecule has 12 rings (SSSR count). The highest BCUT2D eigenvalue weighted by molar-refractivity contribution is 5.43. The molecule has 0 aromatic carbocycles. The summed E-state index contributed by atoms with van der Waals surface area (Å²) in [6.45, 7) is 59.6. The molecule has 27 atom stereocenters. The van der Waals surface area contributed by atoms with Crippen molar-refractivity contribution < 1.29 is 46.0 Å². The lowest BCUT2D eigenvalue weighted by Gasteiger charge is -2.44. The van der Waals surface area contributed by atoms with Crippen LogP contribution < -0.4 is 0 Å². The Kier molecular flexibility index (Phi) is 37.6. The monoisotopic (exact) mass is 1660 g/mol. The Morgan fingerprint density at radius 3 is 0.867 bits per heavy atom. The highest BCUT2D eigenvalue weighted by atomic mass is 16.3. The molecule has 0 spiro atoms. The molecule has 0 aromatic rings. The molecule has 0 heterocycles. The summed E-state index contributed by atoms with van der Waals surface area (Å²) in [4.78, 5) is 0. The third-order valence-electron chi connectivity index (χ3n) is 35.8. The van der Waals surface area contributed by atoms with Gasteiger partial charge in [-0.3, -0.25) is 0 Å². The van der Waals surface area contributed by atoms with Crippen molar-refractivity contribution in [2.75, 3.05) is 0 Å². The van der Waals surface area contributed by atoms with E-state index in [1.807, 2.05) is 0 Å². The molecule has 0 aromatic heterocycles. The summed E-state index contributed by atoms with van der Waals surface area (Å²) in [5.74, 6) is 13.5. The lowest BCUT2D eigenvalue weighted by atomic mass is 9.60. The van der Waals surface area contributed by atoms with E-state index < -0.39 is 48.8 Å². The van der Waals surface area contributed by atoms with Crippen molar-refractivity contribution >= 4 is 0 Å². The Hall–Kier alpha value is -3.48. The van der Waals surface area contributed by atoms with Gasteiger partial charge in [-0.05, 0) is 346 Å². The van der Waals surface area contributed by atoms with Crippen LogP contribution in [0.3, 0.4) is 0 Å². The van der Waals surface area contributed by atoms with E-state index in [1.165, 1.54) is 173 Å². The zero-order valence-electron chi connectivity index (χ0n) is 79.9. The van der Waals surface area contributed by atoms with E-state index in [2.05, 4.69) is 200 Å². The van der Waals surface area contributed by atoms with E-state index in [-0.39, 0.29) is 6.10 Å². The summed E-state index contributed by atoms with van der Waals surface area (Å²) >= 11 is 0. The first kappa shape index (κ1) is 100. The van der Waals surface area contributed by atoms with Gasteiger partial charge in [0.25, 0.3) is 0 Å². The van der Waals surface area contributed by atoms with E-state index in [0.29, 0.717) is 109 Å². The normalized spacial score (nSPS) is 39.3. The molecule has 680 valence electrons. The van der Waals surface area contributed by atoms with Crippen LogP contribution in [-0.4, -0.2) is 101 Å². The highest BCUT2D eigenvalue weighted by Gasteiger charge is 2.55. The van der Waals surface area contributed by atoms with Crippen molar-refractivity contribution in [3.8, 4) is 0 Å². The quantitative estimate of drug-likeness (QED) is 0.0430. The van der Waals surface area contributed by atoms with Gasteiger partial charge < -0.3 is 46.0 Å². The van der Waals surface area contributed by atoms with Crippen LogP contribution in [0.4, 0.5) is 0 Å². The van der Waals surface area contributed by atoms with Gasteiger partial charge in [-0.15, -0.1) is 0 Å². The molecule has 9 heteroatoms. The van der Waals surface area contributed by atoms with Gasteiger partial charge in [0.05, 0.1) is 54.9 Å². The van der Waals surface area contributed by atoms with Gasteiger partial charge in [-0.1, -0.05) is 267 Å². The Morgan fingerprint density at radius 1 is 0.333 bits per heavy atom. The number of rotatable bonds is 25. The van der Waals surface area contributed by atoms with E-state index >= 15 is 0 Å². The second-order valence-corrected chi connectivity index (χ2v) is 45.1. The molecule has 7 unspecified atom stereocenters. The predicted octanol–water partition coefficient (Wildman–Crippen LogP) is 26.2. The average Bonchev–Trinajstić information content (AvgIpc) is 1.62. The molecule has 0 aliphatic heterocycles. The third kappa shape index (κ3) is 24.9. The topological polar surface area (TPSA) is 182 Å². The average molecular weight is 1660 g/mol. The van der Waals surface area contributed by atoms with Crippen LogP contribution in [0.15, 0.2) is 142 Å². The number of fused-ring (bicyclic) bond motifs is 4. The predicted molar refractivity (Wildman–Crippen MR) is 505 cm³/mol. The van der Waals surface area contributed by atoms with Crippen LogP contribution in [-0.2, 0) is 0 Å². The van der Waals surface area contributed by atoms with Crippen molar-refractivity contribution in [3.05, 3.63) is 142 Å². The van der Waals surface area contributed by atoms with Gasteiger partial charge in [0, 0.05) is 25.7 Å². The lowest BCUT2D eigenvalue weighted by molar-refractivity contribution is 0.0717. The second kappa shape index (κ2) is 45.0. The Bertz CT molecular complexity index is 3490. The summed E-state index contributed by atoms with van der Waals surface area (Å²) in [5, 5.41) is 91.0. The number of hydrogen-bond acceptors (Lipinski definition) is 9. The van der Waals surface area contributed by atoms with Crippen LogP contribution in [0.2, 0.25) is 0 Å². The number of aliphatic hydroxyl groups excluding tert-OH is 9. The van der Waals surface area contributed by atoms with E-state index in [0.717, 1.165) is 135 Å². The van der Waals surface area contributed by atoms with Gasteiger partial charge in [-0.2, -0.15) is 0 Å². The van der Waals surface area contributed by atoms with Gasteiger partial charge in [0.15, 0.2) is 0 Å². The molecule has 0 amide bonds. The zero-order chi connectivity index (χ0) is 88.0. The highest BCUT2D eigenvalue weighted by Crippen LogP contribution is 2.64. The largest absolute Gasteiger partial charge is 0.393 e. The molecule has 0 radical (unpaired) electrons. The molecule has 0 bridgehead atoms. The minimum Gasteiger partial charge on any atom is -0.393 e. The molecule has 0 saturated heterocycles. The molecule has 12 saturated carbocycles. The van der Waals surface area contributed by atoms with Crippen molar-refractivity contribution in [2.24, 2.45) is 128 Å². The van der Waals surface area contributed by atoms with Crippen molar-refractivity contribution in [3.63, 3.8) is 0 Å². The van der Waals surface area contributed by atoms with Crippen LogP contribution in [0, 0.1) is 128 Å². The van der Waals surface area contributed by atoms with Gasteiger partial charge in [0.1, 0.15) is 0 Å². The van der Waals surface area contributed by atoms with Crippen LogP contribution in [0.1, 0.15) is 369 Å². The van der Waals surface area contributed by atoms with Crippen LogP contribution in [0.5, 0.6) is 0 Å². The molecule has 12 aliphatic carbocycles. The maximum Gasteiger partial charge on any atom is 0.0811 e. The summed E-state index contributed by atoms with van der Waals surface area (Å²) in [7, 11) is 0. The summed E-state index contributed by atoms with van der Waals surface area (Å²) in [5.41, 5.74) is 15.3. The number of aliphatic hydroxyl groups is 9. The molecule has 9 nitrogen and oxygen atoms in total. The Labute approximate surface area is 735 Å². The van der Waals surface area contributed by atoms with Crippen LogP contribution in [0.25, 0.3) is 0 Å².